The van der Waals surface area contributed by atoms with Gasteiger partial charge in [0.1, 0.15) is 5.56 Å². The van der Waals surface area contributed by atoms with Crippen LogP contribution in [0.2, 0.25) is 0 Å². The lowest BCUT2D eigenvalue weighted by Crippen LogP contribution is -2.34. The molecule has 0 aliphatic heterocycles. The monoisotopic (exact) mass is 416 g/mol. The number of amides is 1. The van der Waals surface area contributed by atoms with Crippen molar-refractivity contribution in [3.8, 4) is 0 Å². The molecule has 1 atom stereocenters. The first-order valence-electron chi connectivity index (χ1n) is 10.8. The van der Waals surface area contributed by atoms with Gasteiger partial charge in [-0.25, -0.2) is 0 Å². The molecule has 0 spiro atoms. The number of aryl methyl sites for hydroxylation is 1. The average molecular weight is 417 g/mol. The van der Waals surface area contributed by atoms with Crippen LogP contribution in [-0.2, 0) is 19.4 Å². The molecule has 2 aromatic heterocycles. The molecule has 6 heteroatoms. The van der Waals surface area contributed by atoms with E-state index in [9.17, 15) is 9.59 Å². The molecule has 4 rings (SSSR count). The number of benzene rings is 1. The van der Waals surface area contributed by atoms with Crippen molar-refractivity contribution in [1.82, 2.24) is 20.2 Å². The largest absolute Gasteiger partial charge is 0.345 e. The predicted octanol–water partition coefficient (Wildman–Crippen LogP) is 3.25. The summed E-state index contributed by atoms with van der Waals surface area (Å²) in [5.74, 6) is -0.321. The van der Waals surface area contributed by atoms with Crippen LogP contribution in [0.3, 0.4) is 0 Å². The van der Waals surface area contributed by atoms with E-state index in [0.717, 1.165) is 49.2 Å². The van der Waals surface area contributed by atoms with Crippen molar-refractivity contribution in [1.29, 1.82) is 0 Å². The molecular formula is C25H28N4O2. The minimum Gasteiger partial charge on any atom is -0.345 e. The minimum absolute atomic E-state index is 0.0470. The van der Waals surface area contributed by atoms with Crippen LogP contribution >= 0.6 is 0 Å². The molecular weight excluding hydrogens is 388 g/mol. The topological polar surface area (TPSA) is 78.1 Å². The van der Waals surface area contributed by atoms with E-state index in [1.54, 1.807) is 12.3 Å². The zero-order valence-electron chi connectivity index (χ0n) is 17.8. The lowest BCUT2D eigenvalue weighted by molar-refractivity contribution is 0.0931. The normalized spacial score (nSPS) is 15.5. The first-order chi connectivity index (χ1) is 15.1. The Morgan fingerprint density at radius 2 is 2.00 bits per heavy atom. The number of rotatable bonds is 7. The summed E-state index contributed by atoms with van der Waals surface area (Å²) in [4.78, 5) is 34.7. The fraction of sp³-hybridized carbons (Fsp3) is 0.320. The lowest BCUT2D eigenvalue weighted by atomic mass is 9.87. The first-order valence-corrected chi connectivity index (χ1v) is 10.8. The molecule has 1 unspecified atom stereocenters. The molecule has 2 heterocycles. The predicted molar refractivity (Wildman–Crippen MR) is 121 cm³/mol. The van der Waals surface area contributed by atoms with E-state index in [-0.39, 0.29) is 23.1 Å². The van der Waals surface area contributed by atoms with E-state index in [1.165, 1.54) is 5.56 Å². The molecule has 0 bridgehead atoms. The Kier molecular flexibility index (Phi) is 6.57. The molecule has 1 amide bonds. The van der Waals surface area contributed by atoms with Crippen LogP contribution in [0.25, 0.3) is 0 Å². The Balaban J connectivity index is 1.37. The van der Waals surface area contributed by atoms with Gasteiger partial charge in [-0.1, -0.05) is 30.3 Å². The smallest absolute Gasteiger partial charge is 0.261 e. The number of carbonyl (C=O) groups excluding carboxylic acids is 1. The number of nitrogens with zero attached hydrogens (tertiary/aromatic N) is 2. The number of aromatic amines is 1. The highest BCUT2D eigenvalue weighted by Crippen LogP contribution is 2.29. The number of likely N-dealkylation sites (N-methyl/N-ethyl adjacent to an activating group) is 1. The number of fused-ring (bicyclic) bond motifs is 1. The van der Waals surface area contributed by atoms with E-state index < -0.39 is 0 Å². The Morgan fingerprint density at radius 1 is 1.16 bits per heavy atom. The zero-order valence-corrected chi connectivity index (χ0v) is 17.8. The third kappa shape index (κ3) is 5.27. The number of carbonyl (C=O) groups is 1. The van der Waals surface area contributed by atoms with Crippen LogP contribution < -0.4 is 10.9 Å². The maximum Gasteiger partial charge on any atom is 0.261 e. The average Bonchev–Trinajstić information content (AvgIpc) is 2.79. The first kappa shape index (κ1) is 21.0. The summed E-state index contributed by atoms with van der Waals surface area (Å²) in [6.07, 6.45) is 5.58. The third-order valence-electron chi connectivity index (χ3n) is 5.81. The molecule has 1 aliphatic carbocycles. The maximum atomic E-state index is 12.8. The minimum atomic E-state index is -0.350. The Labute approximate surface area is 182 Å². The number of aromatic nitrogens is 2. The fourth-order valence-corrected chi connectivity index (χ4v) is 4.15. The molecule has 1 aromatic carbocycles. The van der Waals surface area contributed by atoms with Gasteiger partial charge in [-0.2, -0.15) is 0 Å². The molecule has 0 saturated carbocycles. The van der Waals surface area contributed by atoms with Crippen LogP contribution in [0.4, 0.5) is 0 Å². The fourth-order valence-electron chi connectivity index (χ4n) is 4.15. The standard InChI is InChI=1S/C25H28N4O2/c1-29(16-14-19-9-4-5-15-26-19)17-20-12-13-22(24(30)27-20)25(31)28-23-11-6-8-18-7-2-3-10-21(18)23/h2-5,7,9-10,12-13,15,23H,6,8,11,14,16-17H2,1H3,(H,27,30)(H,28,31). The summed E-state index contributed by atoms with van der Waals surface area (Å²) in [6, 6.07) is 17.5. The molecule has 1 aliphatic rings. The summed E-state index contributed by atoms with van der Waals surface area (Å²) >= 11 is 0. The summed E-state index contributed by atoms with van der Waals surface area (Å²) in [5, 5.41) is 3.05. The molecule has 3 aromatic rings. The second kappa shape index (κ2) is 9.71. The van der Waals surface area contributed by atoms with Crippen LogP contribution in [0.15, 0.2) is 65.6 Å². The number of hydrogen-bond donors (Lipinski definition) is 2. The molecule has 31 heavy (non-hydrogen) atoms. The van der Waals surface area contributed by atoms with Crippen LogP contribution in [0.1, 0.15) is 51.8 Å². The van der Waals surface area contributed by atoms with Crippen LogP contribution in [0, 0.1) is 0 Å². The van der Waals surface area contributed by atoms with Crippen molar-refractivity contribution in [2.24, 2.45) is 0 Å². The van der Waals surface area contributed by atoms with Crippen molar-refractivity contribution in [3.05, 3.63) is 99.2 Å². The highest BCUT2D eigenvalue weighted by Gasteiger charge is 2.23. The van der Waals surface area contributed by atoms with E-state index in [2.05, 4.69) is 32.3 Å². The highest BCUT2D eigenvalue weighted by molar-refractivity contribution is 5.94. The van der Waals surface area contributed by atoms with Gasteiger partial charge in [0, 0.05) is 37.1 Å². The van der Waals surface area contributed by atoms with Gasteiger partial charge in [-0.15, -0.1) is 0 Å². The van der Waals surface area contributed by atoms with Gasteiger partial charge in [-0.3, -0.25) is 14.6 Å². The van der Waals surface area contributed by atoms with Crippen molar-refractivity contribution < 1.29 is 4.79 Å². The van der Waals surface area contributed by atoms with Gasteiger partial charge in [0.05, 0.1) is 6.04 Å². The number of nitrogens with one attached hydrogen (secondary N) is 2. The molecule has 160 valence electrons. The van der Waals surface area contributed by atoms with Gasteiger partial charge >= 0.3 is 0 Å². The number of hydrogen-bond acceptors (Lipinski definition) is 4. The van der Waals surface area contributed by atoms with Crippen molar-refractivity contribution >= 4 is 5.91 Å². The van der Waals surface area contributed by atoms with Gasteiger partial charge in [-0.05, 0) is 61.7 Å². The number of pyridine rings is 2. The molecule has 0 saturated heterocycles. The third-order valence-corrected chi connectivity index (χ3v) is 5.81. The molecule has 6 nitrogen and oxygen atoms in total. The van der Waals surface area contributed by atoms with E-state index in [0.29, 0.717) is 6.54 Å². The maximum absolute atomic E-state index is 12.8. The second-order valence-corrected chi connectivity index (χ2v) is 8.15. The van der Waals surface area contributed by atoms with Gasteiger partial charge < -0.3 is 15.2 Å². The molecule has 0 fully saturated rings. The van der Waals surface area contributed by atoms with Gasteiger partial charge in [0.15, 0.2) is 0 Å². The van der Waals surface area contributed by atoms with E-state index >= 15 is 0 Å². The summed E-state index contributed by atoms with van der Waals surface area (Å²) < 4.78 is 0. The quantitative estimate of drug-likeness (QED) is 0.620. The Bertz CT molecular complexity index is 1090. The van der Waals surface area contributed by atoms with E-state index in [4.69, 9.17) is 0 Å². The molecule has 0 radical (unpaired) electrons. The lowest BCUT2D eigenvalue weighted by Gasteiger charge is -2.26. The summed E-state index contributed by atoms with van der Waals surface area (Å²) in [6.45, 7) is 1.42. The van der Waals surface area contributed by atoms with Crippen molar-refractivity contribution in [2.75, 3.05) is 13.6 Å². The Morgan fingerprint density at radius 3 is 2.81 bits per heavy atom. The zero-order chi connectivity index (χ0) is 21.6. The Hall–Kier alpha value is -3.25. The van der Waals surface area contributed by atoms with Gasteiger partial charge in [0.2, 0.25) is 0 Å². The van der Waals surface area contributed by atoms with E-state index in [1.807, 2.05) is 43.4 Å². The van der Waals surface area contributed by atoms with Gasteiger partial charge in [0.25, 0.3) is 11.5 Å². The highest BCUT2D eigenvalue weighted by atomic mass is 16.2. The molecule has 2 N–H and O–H groups in total. The van der Waals surface area contributed by atoms with Crippen molar-refractivity contribution in [3.63, 3.8) is 0 Å². The second-order valence-electron chi connectivity index (χ2n) is 8.15. The summed E-state index contributed by atoms with van der Waals surface area (Å²) in [7, 11) is 2.00. The SMILES string of the molecule is CN(CCc1ccccn1)Cc1ccc(C(=O)NC2CCCc3ccccc32)c(=O)[nH]1. The van der Waals surface area contributed by atoms with Crippen molar-refractivity contribution in [2.45, 2.75) is 38.3 Å². The van der Waals surface area contributed by atoms with Crippen LogP contribution in [-0.4, -0.2) is 34.4 Å². The summed E-state index contributed by atoms with van der Waals surface area (Å²) in [5.41, 5.74) is 4.06. The number of H-pyrrole nitrogens is 1. The van der Waals surface area contributed by atoms with Crippen LogP contribution in [0.5, 0.6) is 0 Å².